The number of carbonyl (C=O) groups is 1. The van der Waals surface area contributed by atoms with Crippen LogP contribution in [0.5, 0.6) is 11.5 Å². The smallest absolute Gasteiger partial charge is 0.264 e. The molecule has 1 aromatic heterocycles. The van der Waals surface area contributed by atoms with Crippen molar-refractivity contribution in [3.8, 4) is 22.1 Å². The van der Waals surface area contributed by atoms with Crippen molar-refractivity contribution >= 4 is 38.1 Å². The highest BCUT2D eigenvalue weighted by Gasteiger charge is 2.30. The number of hydrogen-bond acceptors (Lipinski definition) is 8. The molecule has 36 heavy (non-hydrogen) atoms. The molecule has 0 aliphatic rings. The molecule has 0 radical (unpaired) electrons. The lowest BCUT2D eigenvalue weighted by Crippen LogP contribution is -2.38. The van der Waals surface area contributed by atoms with E-state index in [0.29, 0.717) is 16.5 Å². The summed E-state index contributed by atoms with van der Waals surface area (Å²) in [6, 6.07) is 20.3. The van der Waals surface area contributed by atoms with Crippen molar-refractivity contribution in [2.24, 2.45) is 0 Å². The molecule has 0 spiro atoms. The Morgan fingerprint density at radius 2 is 1.69 bits per heavy atom. The van der Waals surface area contributed by atoms with Crippen molar-refractivity contribution in [1.82, 2.24) is 10.2 Å². The molecule has 4 aromatic rings. The van der Waals surface area contributed by atoms with Gasteiger partial charge in [-0.05, 0) is 61.0 Å². The van der Waals surface area contributed by atoms with Crippen molar-refractivity contribution in [2.45, 2.75) is 11.8 Å². The Balaban J connectivity index is 1.62. The monoisotopic (exact) mass is 524 g/mol. The normalized spacial score (nSPS) is 11.1. The van der Waals surface area contributed by atoms with E-state index in [1.165, 1.54) is 30.6 Å². The molecule has 1 N–H and O–H groups in total. The van der Waals surface area contributed by atoms with Gasteiger partial charge in [-0.25, -0.2) is 8.42 Å². The van der Waals surface area contributed by atoms with Gasteiger partial charge in [0, 0.05) is 5.56 Å². The van der Waals surface area contributed by atoms with Crippen LogP contribution in [0.2, 0.25) is 0 Å². The summed E-state index contributed by atoms with van der Waals surface area (Å²) in [6.45, 7) is 1.34. The third-order valence-electron chi connectivity index (χ3n) is 5.23. The fraction of sp³-hybridized carbons (Fsp3) is 0.160. The van der Waals surface area contributed by atoms with Crippen LogP contribution in [0, 0.1) is 6.92 Å². The van der Waals surface area contributed by atoms with Crippen molar-refractivity contribution in [3.63, 3.8) is 0 Å². The number of rotatable bonds is 9. The number of carbonyl (C=O) groups excluding carboxylic acids is 1. The van der Waals surface area contributed by atoms with E-state index in [1.54, 1.807) is 55.6 Å². The Morgan fingerprint density at radius 3 is 2.36 bits per heavy atom. The molecule has 0 atom stereocenters. The second-order valence-corrected chi connectivity index (χ2v) is 10.5. The van der Waals surface area contributed by atoms with E-state index in [4.69, 9.17) is 9.47 Å². The molecule has 0 fully saturated rings. The zero-order valence-corrected chi connectivity index (χ0v) is 21.5. The first-order chi connectivity index (χ1) is 17.3. The molecule has 1 heterocycles. The lowest BCUT2D eigenvalue weighted by Gasteiger charge is -2.25. The van der Waals surface area contributed by atoms with Crippen LogP contribution in [0.3, 0.4) is 0 Å². The Labute approximate surface area is 213 Å². The molecule has 4 rings (SSSR count). The summed E-state index contributed by atoms with van der Waals surface area (Å²) >= 11 is 1.18. The quantitative estimate of drug-likeness (QED) is 0.346. The van der Waals surface area contributed by atoms with Gasteiger partial charge >= 0.3 is 0 Å². The number of ether oxygens (including phenoxy) is 2. The highest BCUT2D eigenvalue weighted by Crippen LogP contribution is 2.34. The third kappa shape index (κ3) is 5.47. The molecule has 1 amide bonds. The average Bonchev–Trinajstić information content (AvgIpc) is 3.36. The highest BCUT2D eigenvalue weighted by molar-refractivity contribution is 7.92. The number of amides is 1. The second-order valence-electron chi connectivity index (χ2n) is 7.69. The summed E-state index contributed by atoms with van der Waals surface area (Å²) in [6.07, 6.45) is 0. The fourth-order valence-electron chi connectivity index (χ4n) is 3.43. The summed E-state index contributed by atoms with van der Waals surface area (Å²) in [5, 5.41) is 11.7. The van der Waals surface area contributed by atoms with Crippen LogP contribution >= 0.6 is 11.3 Å². The number of aromatic nitrogens is 2. The van der Waals surface area contributed by atoms with E-state index < -0.39 is 22.5 Å². The molecule has 0 saturated heterocycles. The van der Waals surface area contributed by atoms with Crippen LogP contribution < -0.4 is 19.1 Å². The molecule has 0 bridgehead atoms. The van der Waals surface area contributed by atoms with E-state index in [0.717, 1.165) is 15.4 Å². The SMILES string of the molecule is COc1ccc(-c2nnc(NC(=O)CN(c3cc(C)ccc3OC)S(=O)(=O)c3ccccc3)s2)cc1. The van der Waals surface area contributed by atoms with E-state index in [-0.39, 0.29) is 15.7 Å². The zero-order chi connectivity index (χ0) is 25.7. The van der Waals surface area contributed by atoms with E-state index >= 15 is 0 Å². The number of aryl methyl sites for hydroxylation is 1. The number of benzene rings is 3. The molecular formula is C25H24N4O5S2. The average molecular weight is 525 g/mol. The van der Waals surface area contributed by atoms with Crippen molar-refractivity contribution < 1.29 is 22.7 Å². The first-order valence-corrected chi connectivity index (χ1v) is 13.1. The maximum Gasteiger partial charge on any atom is 0.264 e. The van der Waals surface area contributed by atoms with Gasteiger partial charge in [-0.1, -0.05) is 35.6 Å². The van der Waals surface area contributed by atoms with Gasteiger partial charge in [-0.2, -0.15) is 0 Å². The summed E-state index contributed by atoms with van der Waals surface area (Å²) < 4.78 is 38.8. The molecule has 0 unspecified atom stereocenters. The van der Waals surface area contributed by atoms with Gasteiger partial charge in [-0.15, -0.1) is 10.2 Å². The second kappa shape index (κ2) is 10.8. The van der Waals surface area contributed by atoms with Crippen LogP contribution in [-0.2, 0) is 14.8 Å². The minimum atomic E-state index is -4.09. The molecule has 0 aliphatic carbocycles. The van der Waals surface area contributed by atoms with Gasteiger partial charge in [0.15, 0.2) is 0 Å². The first-order valence-electron chi connectivity index (χ1n) is 10.8. The van der Waals surface area contributed by atoms with Crippen LogP contribution in [0.1, 0.15) is 5.56 Å². The topological polar surface area (TPSA) is 111 Å². The first kappa shape index (κ1) is 25.1. The minimum absolute atomic E-state index is 0.0547. The summed E-state index contributed by atoms with van der Waals surface area (Å²) in [4.78, 5) is 13.1. The molecule has 11 heteroatoms. The van der Waals surface area contributed by atoms with Gasteiger partial charge in [0.25, 0.3) is 10.0 Å². The van der Waals surface area contributed by atoms with Gasteiger partial charge in [0.05, 0.1) is 24.8 Å². The molecule has 186 valence electrons. The number of nitrogens with one attached hydrogen (secondary N) is 1. The van der Waals surface area contributed by atoms with Crippen LogP contribution in [-0.4, -0.2) is 45.3 Å². The molecule has 3 aromatic carbocycles. The van der Waals surface area contributed by atoms with E-state index in [1.807, 2.05) is 19.1 Å². The Hall–Kier alpha value is -3.96. The van der Waals surface area contributed by atoms with Crippen LogP contribution in [0.4, 0.5) is 10.8 Å². The number of hydrogen-bond donors (Lipinski definition) is 1. The molecule has 0 saturated carbocycles. The standard InChI is InChI=1S/C25H24N4O5S2/c1-17-9-14-22(34-3)21(15-17)29(36(31,32)20-7-5-4-6-8-20)16-23(30)26-25-28-27-24(35-25)18-10-12-19(33-2)13-11-18/h4-15H,16H2,1-3H3,(H,26,28,30). The predicted octanol–water partition coefficient (Wildman–Crippen LogP) is 4.36. The van der Waals surface area contributed by atoms with Crippen molar-refractivity contribution in [3.05, 3.63) is 78.4 Å². The maximum atomic E-state index is 13.6. The lowest BCUT2D eigenvalue weighted by molar-refractivity contribution is -0.114. The van der Waals surface area contributed by atoms with Crippen molar-refractivity contribution in [1.29, 1.82) is 0 Å². The van der Waals surface area contributed by atoms with Gasteiger partial charge in [-0.3, -0.25) is 14.4 Å². The molecular weight excluding hydrogens is 500 g/mol. The number of nitrogens with zero attached hydrogens (tertiary/aromatic N) is 3. The Bertz CT molecular complexity index is 1460. The Kier molecular flexibility index (Phi) is 7.51. The van der Waals surface area contributed by atoms with Crippen LogP contribution in [0.25, 0.3) is 10.6 Å². The number of sulfonamides is 1. The summed E-state index contributed by atoms with van der Waals surface area (Å²) in [7, 11) is -1.05. The van der Waals surface area contributed by atoms with Crippen LogP contribution in [0.15, 0.2) is 77.7 Å². The maximum absolute atomic E-state index is 13.6. The summed E-state index contributed by atoms with van der Waals surface area (Å²) in [5.74, 6) is 0.462. The van der Waals surface area contributed by atoms with Gasteiger partial charge in [0.2, 0.25) is 11.0 Å². The molecule has 9 nitrogen and oxygen atoms in total. The van der Waals surface area contributed by atoms with Gasteiger partial charge < -0.3 is 9.47 Å². The molecule has 0 aliphatic heterocycles. The van der Waals surface area contributed by atoms with E-state index in [9.17, 15) is 13.2 Å². The third-order valence-corrected chi connectivity index (χ3v) is 7.89. The largest absolute Gasteiger partial charge is 0.497 e. The van der Waals surface area contributed by atoms with E-state index in [2.05, 4.69) is 15.5 Å². The number of anilines is 2. The number of methoxy groups -OCH3 is 2. The van der Waals surface area contributed by atoms with Gasteiger partial charge in [0.1, 0.15) is 23.1 Å². The highest BCUT2D eigenvalue weighted by atomic mass is 32.2. The summed E-state index contributed by atoms with van der Waals surface area (Å²) in [5.41, 5.74) is 1.88. The fourth-order valence-corrected chi connectivity index (χ4v) is 5.64. The zero-order valence-electron chi connectivity index (χ0n) is 19.8. The lowest BCUT2D eigenvalue weighted by atomic mass is 10.2. The Morgan fingerprint density at radius 1 is 0.972 bits per heavy atom. The predicted molar refractivity (Wildman–Crippen MR) is 139 cm³/mol. The van der Waals surface area contributed by atoms with Crippen molar-refractivity contribution in [2.75, 3.05) is 30.4 Å². The minimum Gasteiger partial charge on any atom is -0.497 e.